The van der Waals surface area contributed by atoms with Crippen molar-refractivity contribution >= 4 is 23.3 Å². The zero-order valence-electron chi connectivity index (χ0n) is 19.8. The lowest BCUT2D eigenvalue weighted by atomic mass is 9.77. The summed E-state index contributed by atoms with van der Waals surface area (Å²) in [5.74, 6) is 0.530. The molecule has 0 unspecified atom stereocenters. The lowest BCUT2D eigenvalue weighted by molar-refractivity contribution is 0.0600. The van der Waals surface area contributed by atoms with Crippen molar-refractivity contribution in [3.05, 3.63) is 58.1 Å². The number of nitrogens with zero attached hydrogens (tertiary/aromatic N) is 1. The maximum Gasteiger partial charge on any atom is 0.338 e. The van der Waals surface area contributed by atoms with Crippen molar-refractivity contribution in [3.63, 3.8) is 0 Å². The highest BCUT2D eigenvalue weighted by molar-refractivity contribution is 6.31. The minimum absolute atomic E-state index is 0.000282. The molecule has 0 heterocycles. The largest absolute Gasteiger partial charge is 0.497 e. The summed E-state index contributed by atoms with van der Waals surface area (Å²) in [6.07, 6.45) is 5.40. The fraction of sp³-hybridized carbons (Fsp3) is 0.500. The van der Waals surface area contributed by atoms with E-state index in [-0.39, 0.29) is 11.5 Å². The molecular weight excluding hydrogens is 424 g/mol. The topological polar surface area (TPSA) is 50.8 Å². The first-order chi connectivity index (χ1) is 15.3. The van der Waals surface area contributed by atoms with E-state index in [4.69, 9.17) is 21.1 Å². The number of benzene rings is 2. The van der Waals surface area contributed by atoms with Crippen LogP contribution in [0.25, 0.3) is 0 Å². The normalized spacial score (nSPS) is 20.8. The first-order valence-electron chi connectivity index (χ1n) is 11.3. The van der Waals surface area contributed by atoms with E-state index >= 15 is 0 Å². The molecule has 32 heavy (non-hydrogen) atoms. The van der Waals surface area contributed by atoms with Crippen molar-refractivity contribution in [2.45, 2.75) is 64.1 Å². The number of methoxy groups -OCH3 is 2. The number of esters is 1. The van der Waals surface area contributed by atoms with Crippen LogP contribution < -0.4 is 10.1 Å². The number of carbonyl (C=O) groups is 1. The number of hydrogen-bond acceptors (Lipinski definition) is 5. The van der Waals surface area contributed by atoms with Crippen LogP contribution in [0.15, 0.2) is 36.4 Å². The van der Waals surface area contributed by atoms with E-state index in [1.54, 1.807) is 13.2 Å². The fourth-order valence-electron chi connectivity index (χ4n) is 4.73. The Hall–Kier alpha value is -2.24. The van der Waals surface area contributed by atoms with E-state index in [0.29, 0.717) is 16.6 Å². The standard InChI is InChI=1S/C26H35ClN2O3/c1-6-26(28-24-16-20(27)15-23(18(24)2)25(30)32-5)13-11-21(12-14-26)29(3)17-19-7-9-22(31-4)10-8-19/h7-10,15-16,21,28H,6,11-14,17H2,1-5H3/t21-,26+. The van der Waals surface area contributed by atoms with Gasteiger partial charge in [0.05, 0.1) is 19.8 Å². The molecule has 5 nitrogen and oxygen atoms in total. The summed E-state index contributed by atoms with van der Waals surface area (Å²) in [6, 6.07) is 12.5. The molecule has 0 radical (unpaired) electrons. The van der Waals surface area contributed by atoms with Crippen LogP contribution in [-0.4, -0.2) is 43.7 Å². The van der Waals surface area contributed by atoms with Gasteiger partial charge in [-0.2, -0.15) is 0 Å². The number of rotatable bonds is 8. The first kappa shape index (κ1) is 24.4. The Bertz CT molecular complexity index is 921. The molecular formula is C26H35ClN2O3. The zero-order chi connectivity index (χ0) is 23.3. The van der Waals surface area contributed by atoms with E-state index in [0.717, 1.165) is 55.6 Å². The number of halogens is 1. The maximum atomic E-state index is 12.2. The third-order valence-electron chi connectivity index (χ3n) is 6.98. The highest BCUT2D eigenvalue weighted by atomic mass is 35.5. The Labute approximate surface area is 197 Å². The molecule has 0 aliphatic heterocycles. The molecule has 0 amide bonds. The second-order valence-electron chi connectivity index (χ2n) is 8.87. The van der Waals surface area contributed by atoms with Crippen LogP contribution in [0, 0.1) is 6.92 Å². The van der Waals surface area contributed by atoms with Gasteiger partial charge in [-0.15, -0.1) is 0 Å². The van der Waals surface area contributed by atoms with Gasteiger partial charge >= 0.3 is 5.97 Å². The summed E-state index contributed by atoms with van der Waals surface area (Å²) < 4.78 is 10.2. The molecule has 0 bridgehead atoms. The number of hydrogen-bond donors (Lipinski definition) is 1. The predicted octanol–water partition coefficient (Wildman–Crippen LogP) is 6.08. The zero-order valence-corrected chi connectivity index (χ0v) is 20.6. The minimum atomic E-state index is -0.359. The van der Waals surface area contributed by atoms with E-state index in [9.17, 15) is 4.79 Å². The Morgan fingerprint density at radius 3 is 2.41 bits per heavy atom. The van der Waals surface area contributed by atoms with E-state index in [2.05, 4.69) is 36.3 Å². The van der Waals surface area contributed by atoms with Crippen LogP contribution in [0.2, 0.25) is 5.02 Å². The Morgan fingerprint density at radius 2 is 1.84 bits per heavy atom. The molecule has 0 atom stereocenters. The summed E-state index contributed by atoms with van der Waals surface area (Å²) >= 11 is 6.33. The average molecular weight is 459 g/mol. The van der Waals surface area contributed by atoms with Gasteiger partial charge in [-0.1, -0.05) is 30.7 Å². The van der Waals surface area contributed by atoms with Crippen LogP contribution in [0.3, 0.4) is 0 Å². The molecule has 1 N–H and O–H groups in total. The van der Waals surface area contributed by atoms with Crippen molar-refractivity contribution in [1.82, 2.24) is 4.90 Å². The summed E-state index contributed by atoms with van der Waals surface area (Å²) in [5, 5.41) is 4.31. The SMILES string of the molecule is CC[C@]1(Nc2cc(Cl)cc(C(=O)OC)c2C)CC[C@@H](N(C)Cc2ccc(OC)cc2)CC1. The highest BCUT2D eigenvalue weighted by Gasteiger charge is 2.35. The molecule has 2 aromatic rings. The Morgan fingerprint density at radius 1 is 1.19 bits per heavy atom. The van der Waals surface area contributed by atoms with Gasteiger partial charge in [0.15, 0.2) is 0 Å². The van der Waals surface area contributed by atoms with Crippen LogP contribution >= 0.6 is 11.6 Å². The van der Waals surface area contributed by atoms with Gasteiger partial charge < -0.3 is 14.8 Å². The van der Waals surface area contributed by atoms with E-state index in [1.807, 2.05) is 25.1 Å². The molecule has 1 fully saturated rings. The van der Waals surface area contributed by atoms with Gasteiger partial charge in [0.25, 0.3) is 0 Å². The van der Waals surface area contributed by atoms with Gasteiger partial charge in [0, 0.05) is 28.8 Å². The highest BCUT2D eigenvalue weighted by Crippen LogP contribution is 2.38. The van der Waals surface area contributed by atoms with Gasteiger partial charge in [-0.05, 0) is 81.5 Å². The Kier molecular flexibility index (Phi) is 8.07. The van der Waals surface area contributed by atoms with Gasteiger partial charge in [-0.25, -0.2) is 4.79 Å². The molecule has 0 spiro atoms. The second kappa shape index (κ2) is 10.6. The average Bonchev–Trinajstić information content (AvgIpc) is 2.81. The lowest BCUT2D eigenvalue weighted by Gasteiger charge is -2.44. The van der Waals surface area contributed by atoms with Gasteiger partial charge in [0.2, 0.25) is 0 Å². The molecule has 1 aliphatic carbocycles. The summed E-state index contributed by atoms with van der Waals surface area (Å²) in [7, 11) is 5.30. The molecule has 2 aromatic carbocycles. The number of anilines is 1. The predicted molar refractivity (Wildman–Crippen MR) is 131 cm³/mol. The van der Waals surface area contributed by atoms with Crippen LogP contribution in [-0.2, 0) is 11.3 Å². The monoisotopic (exact) mass is 458 g/mol. The molecule has 0 aromatic heterocycles. The molecule has 1 aliphatic rings. The first-order valence-corrected chi connectivity index (χ1v) is 11.7. The number of nitrogens with one attached hydrogen (secondary N) is 1. The number of carbonyl (C=O) groups excluding carboxylic acids is 1. The van der Waals surface area contributed by atoms with Crippen molar-refractivity contribution in [1.29, 1.82) is 0 Å². The summed E-state index contributed by atoms with van der Waals surface area (Å²) in [6.45, 7) is 5.11. The molecule has 174 valence electrons. The minimum Gasteiger partial charge on any atom is -0.497 e. The van der Waals surface area contributed by atoms with Crippen molar-refractivity contribution < 1.29 is 14.3 Å². The Balaban J connectivity index is 1.67. The number of ether oxygens (including phenoxy) is 2. The van der Waals surface area contributed by atoms with Crippen molar-refractivity contribution in [2.75, 3.05) is 26.6 Å². The summed E-state index contributed by atoms with van der Waals surface area (Å²) in [4.78, 5) is 14.6. The van der Waals surface area contributed by atoms with Crippen molar-refractivity contribution in [2.24, 2.45) is 0 Å². The van der Waals surface area contributed by atoms with Gasteiger partial charge in [-0.3, -0.25) is 4.90 Å². The third-order valence-corrected chi connectivity index (χ3v) is 7.20. The van der Waals surface area contributed by atoms with Crippen LogP contribution in [0.5, 0.6) is 5.75 Å². The van der Waals surface area contributed by atoms with Crippen LogP contribution in [0.4, 0.5) is 5.69 Å². The maximum absolute atomic E-state index is 12.2. The second-order valence-corrected chi connectivity index (χ2v) is 9.31. The lowest BCUT2D eigenvalue weighted by Crippen LogP contribution is -2.46. The van der Waals surface area contributed by atoms with E-state index in [1.165, 1.54) is 12.7 Å². The molecule has 3 rings (SSSR count). The molecule has 1 saturated carbocycles. The summed E-state index contributed by atoms with van der Waals surface area (Å²) in [5.41, 5.74) is 3.61. The van der Waals surface area contributed by atoms with Crippen LogP contribution in [0.1, 0.15) is 60.5 Å². The molecule has 0 saturated heterocycles. The van der Waals surface area contributed by atoms with E-state index < -0.39 is 0 Å². The smallest absolute Gasteiger partial charge is 0.338 e. The molecule has 6 heteroatoms. The van der Waals surface area contributed by atoms with Crippen molar-refractivity contribution in [3.8, 4) is 5.75 Å². The fourth-order valence-corrected chi connectivity index (χ4v) is 4.95. The quantitative estimate of drug-likeness (QED) is 0.486. The van der Waals surface area contributed by atoms with Gasteiger partial charge in [0.1, 0.15) is 5.75 Å². The third kappa shape index (κ3) is 5.57.